The van der Waals surface area contributed by atoms with Gasteiger partial charge in [-0.25, -0.2) is 0 Å². The first-order chi connectivity index (χ1) is 6.72. The Kier molecular flexibility index (Phi) is 4.59. The SMILES string of the molecule is CCNCCC(C)Cc1cn(C)nn1. The number of nitrogens with one attached hydrogen (secondary N) is 1. The first kappa shape index (κ1) is 11.2. The normalized spacial score (nSPS) is 13.1. The molecule has 0 aliphatic heterocycles. The lowest BCUT2D eigenvalue weighted by Gasteiger charge is -2.08. The predicted molar refractivity (Wildman–Crippen MR) is 57.0 cm³/mol. The van der Waals surface area contributed by atoms with E-state index < -0.39 is 0 Å². The first-order valence-corrected chi connectivity index (χ1v) is 5.28. The van der Waals surface area contributed by atoms with Crippen LogP contribution in [-0.2, 0) is 13.5 Å². The van der Waals surface area contributed by atoms with Crippen LogP contribution in [0.25, 0.3) is 0 Å². The molecule has 0 aliphatic rings. The van der Waals surface area contributed by atoms with Gasteiger partial charge in [0.05, 0.1) is 5.69 Å². The van der Waals surface area contributed by atoms with Gasteiger partial charge in [0.1, 0.15) is 0 Å². The largest absolute Gasteiger partial charge is 0.317 e. The highest BCUT2D eigenvalue weighted by atomic mass is 15.4. The Bertz CT molecular complexity index is 256. The number of hydrogen-bond donors (Lipinski definition) is 1. The van der Waals surface area contributed by atoms with Gasteiger partial charge in [0.2, 0.25) is 0 Å². The maximum absolute atomic E-state index is 4.08. The van der Waals surface area contributed by atoms with Crippen molar-refractivity contribution in [2.75, 3.05) is 13.1 Å². The molecule has 0 fully saturated rings. The molecule has 80 valence electrons. The summed E-state index contributed by atoms with van der Waals surface area (Å²) in [5.74, 6) is 0.672. The average molecular weight is 196 g/mol. The van der Waals surface area contributed by atoms with E-state index in [1.165, 1.54) is 6.42 Å². The van der Waals surface area contributed by atoms with E-state index in [0.29, 0.717) is 5.92 Å². The molecular weight excluding hydrogens is 176 g/mol. The van der Waals surface area contributed by atoms with Crippen molar-refractivity contribution in [2.45, 2.75) is 26.7 Å². The van der Waals surface area contributed by atoms with Crippen molar-refractivity contribution in [3.63, 3.8) is 0 Å². The second-order valence-electron chi connectivity index (χ2n) is 3.84. The summed E-state index contributed by atoms with van der Waals surface area (Å²) in [6.07, 6.45) is 4.22. The smallest absolute Gasteiger partial charge is 0.0829 e. The average Bonchev–Trinajstić information content (AvgIpc) is 2.52. The molecule has 4 nitrogen and oxygen atoms in total. The Morgan fingerprint density at radius 2 is 2.36 bits per heavy atom. The highest BCUT2D eigenvalue weighted by molar-refractivity contribution is 4.93. The lowest BCUT2D eigenvalue weighted by atomic mass is 10.0. The minimum atomic E-state index is 0.672. The van der Waals surface area contributed by atoms with Gasteiger partial charge < -0.3 is 5.32 Å². The lowest BCUT2D eigenvalue weighted by molar-refractivity contribution is 0.499. The molecule has 0 radical (unpaired) electrons. The molecular formula is C10H20N4. The van der Waals surface area contributed by atoms with Crippen molar-refractivity contribution in [2.24, 2.45) is 13.0 Å². The van der Waals surface area contributed by atoms with Crippen LogP contribution in [0.5, 0.6) is 0 Å². The Labute approximate surface area is 85.7 Å². The molecule has 1 aromatic heterocycles. The van der Waals surface area contributed by atoms with Gasteiger partial charge in [-0.1, -0.05) is 19.1 Å². The Balaban J connectivity index is 2.23. The van der Waals surface area contributed by atoms with Gasteiger partial charge in [0, 0.05) is 13.2 Å². The van der Waals surface area contributed by atoms with Crippen LogP contribution in [0.2, 0.25) is 0 Å². The van der Waals surface area contributed by atoms with Gasteiger partial charge in [-0.15, -0.1) is 5.10 Å². The van der Waals surface area contributed by atoms with Gasteiger partial charge in [-0.05, 0) is 31.8 Å². The molecule has 14 heavy (non-hydrogen) atoms. The summed E-state index contributed by atoms with van der Waals surface area (Å²) in [5.41, 5.74) is 1.09. The van der Waals surface area contributed by atoms with Gasteiger partial charge in [0.25, 0.3) is 0 Å². The number of rotatable bonds is 6. The van der Waals surface area contributed by atoms with Crippen LogP contribution in [0.4, 0.5) is 0 Å². The zero-order valence-corrected chi connectivity index (χ0v) is 9.32. The van der Waals surface area contributed by atoms with Crippen molar-refractivity contribution in [1.82, 2.24) is 20.3 Å². The van der Waals surface area contributed by atoms with Crippen LogP contribution in [0.3, 0.4) is 0 Å². The quantitative estimate of drug-likeness (QED) is 0.690. The third-order valence-electron chi connectivity index (χ3n) is 2.27. The zero-order chi connectivity index (χ0) is 10.4. The maximum atomic E-state index is 4.08. The number of aryl methyl sites for hydroxylation is 1. The van der Waals surface area contributed by atoms with Crippen molar-refractivity contribution in [3.8, 4) is 0 Å². The fraction of sp³-hybridized carbons (Fsp3) is 0.800. The van der Waals surface area contributed by atoms with E-state index in [1.54, 1.807) is 4.68 Å². The van der Waals surface area contributed by atoms with E-state index in [1.807, 2.05) is 13.2 Å². The second-order valence-corrected chi connectivity index (χ2v) is 3.84. The van der Waals surface area contributed by atoms with Crippen molar-refractivity contribution in [3.05, 3.63) is 11.9 Å². The molecule has 0 aromatic carbocycles. The minimum absolute atomic E-state index is 0.672. The highest BCUT2D eigenvalue weighted by Gasteiger charge is 2.05. The highest BCUT2D eigenvalue weighted by Crippen LogP contribution is 2.08. The van der Waals surface area contributed by atoms with Crippen LogP contribution in [0.1, 0.15) is 26.0 Å². The van der Waals surface area contributed by atoms with Gasteiger partial charge in [-0.2, -0.15) is 0 Å². The van der Waals surface area contributed by atoms with Crippen LogP contribution in [0.15, 0.2) is 6.20 Å². The Morgan fingerprint density at radius 1 is 1.57 bits per heavy atom. The summed E-state index contributed by atoms with van der Waals surface area (Å²) >= 11 is 0. The number of nitrogens with zero attached hydrogens (tertiary/aromatic N) is 3. The summed E-state index contributed by atoms with van der Waals surface area (Å²) in [6.45, 7) is 6.54. The molecule has 1 heterocycles. The van der Waals surface area contributed by atoms with Crippen LogP contribution < -0.4 is 5.32 Å². The Morgan fingerprint density at radius 3 is 2.93 bits per heavy atom. The second kappa shape index (κ2) is 5.75. The summed E-state index contributed by atoms with van der Waals surface area (Å²) in [5, 5.41) is 11.3. The van der Waals surface area contributed by atoms with Crippen molar-refractivity contribution >= 4 is 0 Å². The predicted octanol–water partition coefficient (Wildman–Crippen LogP) is 0.993. The topological polar surface area (TPSA) is 42.7 Å². The fourth-order valence-corrected chi connectivity index (χ4v) is 1.47. The molecule has 1 aromatic rings. The molecule has 4 heteroatoms. The third-order valence-corrected chi connectivity index (χ3v) is 2.27. The van der Waals surface area contributed by atoms with Gasteiger partial charge in [-0.3, -0.25) is 4.68 Å². The molecule has 0 saturated carbocycles. The first-order valence-electron chi connectivity index (χ1n) is 5.28. The number of hydrogen-bond acceptors (Lipinski definition) is 3. The van der Waals surface area contributed by atoms with Crippen molar-refractivity contribution < 1.29 is 0 Å². The molecule has 0 saturated heterocycles. The van der Waals surface area contributed by atoms with E-state index in [0.717, 1.165) is 25.2 Å². The van der Waals surface area contributed by atoms with Gasteiger partial charge >= 0.3 is 0 Å². The summed E-state index contributed by atoms with van der Waals surface area (Å²) < 4.78 is 1.76. The maximum Gasteiger partial charge on any atom is 0.0829 e. The molecule has 1 atom stereocenters. The fourth-order valence-electron chi connectivity index (χ4n) is 1.47. The monoisotopic (exact) mass is 196 g/mol. The van der Waals surface area contributed by atoms with Crippen LogP contribution in [0, 0.1) is 5.92 Å². The molecule has 1 rings (SSSR count). The minimum Gasteiger partial charge on any atom is -0.317 e. The third kappa shape index (κ3) is 3.87. The van der Waals surface area contributed by atoms with Gasteiger partial charge in [0.15, 0.2) is 0 Å². The van der Waals surface area contributed by atoms with Crippen LogP contribution >= 0.6 is 0 Å². The molecule has 0 spiro atoms. The van der Waals surface area contributed by atoms with E-state index >= 15 is 0 Å². The molecule has 0 bridgehead atoms. The van der Waals surface area contributed by atoms with Crippen LogP contribution in [-0.4, -0.2) is 28.1 Å². The molecule has 1 unspecified atom stereocenters. The summed E-state index contributed by atoms with van der Waals surface area (Å²) in [6, 6.07) is 0. The molecule has 0 amide bonds. The van der Waals surface area contributed by atoms with E-state index in [2.05, 4.69) is 29.5 Å². The standard InChI is InChI=1S/C10H20N4/c1-4-11-6-5-9(2)7-10-8-14(3)13-12-10/h8-9,11H,4-7H2,1-3H3. The number of aromatic nitrogens is 3. The Hall–Kier alpha value is -0.900. The van der Waals surface area contributed by atoms with Crippen molar-refractivity contribution in [1.29, 1.82) is 0 Å². The lowest BCUT2D eigenvalue weighted by Crippen LogP contribution is -2.17. The van der Waals surface area contributed by atoms with E-state index in [-0.39, 0.29) is 0 Å². The van der Waals surface area contributed by atoms with E-state index in [9.17, 15) is 0 Å². The summed E-state index contributed by atoms with van der Waals surface area (Å²) in [4.78, 5) is 0. The zero-order valence-electron chi connectivity index (χ0n) is 9.32. The van der Waals surface area contributed by atoms with E-state index in [4.69, 9.17) is 0 Å². The molecule has 0 aliphatic carbocycles. The summed E-state index contributed by atoms with van der Waals surface area (Å²) in [7, 11) is 1.90. The molecule has 1 N–H and O–H groups in total.